The van der Waals surface area contributed by atoms with E-state index in [-0.39, 0.29) is 19.3 Å². The SMILES string of the molecule is C/C=C\CCCC.CC(NC=O)C(=O)OCCCCO[N+](=O)[O-].OC1CCCC1/C=C/CCOc1cccc(Cl)c1. The van der Waals surface area contributed by atoms with E-state index in [9.17, 15) is 24.8 Å². The van der Waals surface area contributed by atoms with Crippen LogP contribution in [0.15, 0.2) is 48.6 Å². The largest absolute Gasteiger partial charge is 0.493 e. The number of unbranched alkanes of at least 4 members (excludes halogenated alkanes) is 3. The van der Waals surface area contributed by atoms with Gasteiger partial charge in [-0.3, -0.25) is 4.79 Å². The molecule has 1 aromatic carbocycles. The molecule has 1 aromatic rings. The van der Waals surface area contributed by atoms with Gasteiger partial charge in [-0.1, -0.05) is 68.2 Å². The van der Waals surface area contributed by atoms with Crippen LogP contribution >= 0.6 is 11.6 Å². The minimum Gasteiger partial charge on any atom is -0.493 e. The number of hydrogen-bond acceptors (Lipinski definition) is 8. The summed E-state index contributed by atoms with van der Waals surface area (Å²) >= 11 is 5.87. The van der Waals surface area contributed by atoms with Gasteiger partial charge in [0.1, 0.15) is 11.8 Å². The zero-order chi connectivity index (χ0) is 30.7. The Labute approximate surface area is 249 Å². The van der Waals surface area contributed by atoms with Crippen molar-refractivity contribution in [3.05, 3.63) is 63.7 Å². The Bertz CT molecular complexity index is 897. The standard InChI is InChI=1S/C15H19ClO2.C8H14N2O6.C7H14/c16-13-7-4-8-14(11-13)18-10-2-1-5-12-6-3-9-15(12)17;1-7(9-6-11)8(12)15-4-2-3-5-16-10(13)14;1-3-5-7-6-4-2/h1,4-5,7-8,11-12,15,17H,2-3,6,9-10H2;6-7H,2-5H2,1H3,(H,9,11);3,5H,4,6-7H2,1-2H3/b5-1+;;5-3-. The van der Waals surface area contributed by atoms with E-state index in [1.807, 2.05) is 24.3 Å². The Hall–Kier alpha value is -3.11. The smallest absolute Gasteiger partial charge is 0.328 e. The third-order valence-corrected chi connectivity index (χ3v) is 6.11. The highest BCUT2D eigenvalue weighted by Crippen LogP contribution is 2.26. The molecule has 11 heteroatoms. The van der Waals surface area contributed by atoms with Crippen LogP contribution in [0.5, 0.6) is 5.75 Å². The van der Waals surface area contributed by atoms with Crippen LogP contribution in [0.4, 0.5) is 0 Å². The average molecular weight is 599 g/mol. The first-order chi connectivity index (χ1) is 19.7. The van der Waals surface area contributed by atoms with Crippen LogP contribution in [0.2, 0.25) is 5.02 Å². The highest BCUT2D eigenvalue weighted by atomic mass is 35.5. The predicted molar refractivity (Wildman–Crippen MR) is 160 cm³/mol. The van der Waals surface area contributed by atoms with Crippen molar-refractivity contribution in [3.63, 3.8) is 0 Å². The topological polar surface area (TPSA) is 137 Å². The zero-order valence-electron chi connectivity index (χ0n) is 24.5. The van der Waals surface area contributed by atoms with Gasteiger partial charge in [-0.2, -0.15) is 0 Å². The lowest BCUT2D eigenvalue weighted by molar-refractivity contribution is -0.757. The van der Waals surface area contributed by atoms with E-state index in [4.69, 9.17) is 21.1 Å². The number of aliphatic hydroxyl groups excluding tert-OH is 1. The molecule has 0 aromatic heterocycles. The predicted octanol–water partition coefficient (Wildman–Crippen LogP) is 6.23. The second kappa shape index (κ2) is 25.8. The number of esters is 1. The molecule has 1 aliphatic carbocycles. The Morgan fingerprint density at radius 3 is 2.56 bits per heavy atom. The summed E-state index contributed by atoms with van der Waals surface area (Å²) in [5.41, 5.74) is 0. The molecule has 0 heterocycles. The van der Waals surface area contributed by atoms with Gasteiger partial charge in [0.15, 0.2) is 0 Å². The Morgan fingerprint density at radius 2 is 1.95 bits per heavy atom. The first-order valence-corrected chi connectivity index (χ1v) is 14.6. The maximum Gasteiger partial charge on any atom is 0.328 e. The molecule has 232 valence electrons. The molecule has 3 atom stereocenters. The van der Waals surface area contributed by atoms with E-state index in [1.54, 1.807) is 0 Å². The van der Waals surface area contributed by atoms with E-state index in [2.05, 4.69) is 48.3 Å². The van der Waals surface area contributed by atoms with Gasteiger partial charge in [-0.25, -0.2) is 4.79 Å². The molecule has 41 heavy (non-hydrogen) atoms. The number of halogens is 1. The first-order valence-electron chi connectivity index (χ1n) is 14.2. The third-order valence-electron chi connectivity index (χ3n) is 5.88. The molecule has 0 saturated heterocycles. The fraction of sp³-hybridized carbons (Fsp3) is 0.600. The number of benzene rings is 1. The van der Waals surface area contributed by atoms with Gasteiger partial charge in [-0.05, 0) is 70.6 Å². The number of rotatable bonds is 17. The van der Waals surface area contributed by atoms with Crippen molar-refractivity contribution < 1.29 is 34.1 Å². The van der Waals surface area contributed by atoms with Crippen molar-refractivity contribution in [1.29, 1.82) is 0 Å². The molecule has 3 unspecified atom stereocenters. The van der Waals surface area contributed by atoms with E-state index in [0.717, 1.165) is 31.4 Å². The first kappa shape index (κ1) is 37.9. The molecule has 0 bridgehead atoms. The fourth-order valence-electron chi connectivity index (χ4n) is 3.57. The summed E-state index contributed by atoms with van der Waals surface area (Å²) in [6.07, 6.45) is 17.6. The lowest BCUT2D eigenvalue weighted by atomic mass is 10.1. The highest BCUT2D eigenvalue weighted by molar-refractivity contribution is 6.30. The van der Waals surface area contributed by atoms with Crippen LogP contribution in [0.3, 0.4) is 0 Å². The van der Waals surface area contributed by atoms with Gasteiger partial charge < -0.3 is 24.7 Å². The number of nitrogens with one attached hydrogen (secondary N) is 1. The average Bonchev–Trinajstić information content (AvgIpc) is 3.35. The number of carbonyl (C=O) groups excluding carboxylic acids is 2. The summed E-state index contributed by atoms with van der Waals surface area (Å²) in [5.74, 6) is 0.607. The van der Waals surface area contributed by atoms with Crippen LogP contribution in [0, 0.1) is 16.0 Å². The van der Waals surface area contributed by atoms with Crippen molar-refractivity contribution in [2.45, 2.75) is 90.7 Å². The van der Waals surface area contributed by atoms with Crippen LogP contribution < -0.4 is 10.1 Å². The van der Waals surface area contributed by atoms with E-state index < -0.39 is 17.1 Å². The van der Waals surface area contributed by atoms with Gasteiger partial charge in [0.25, 0.3) is 5.09 Å². The second-order valence-corrected chi connectivity index (χ2v) is 9.77. The molecule has 10 nitrogen and oxygen atoms in total. The quantitative estimate of drug-likeness (QED) is 0.0537. The van der Waals surface area contributed by atoms with E-state index in [0.29, 0.717) is 36.8 Å². The molecule has 1 aliphatic rings. The number of nitrogens with zero attached hydrogens (tertiary/aromatic N) is 1. The van der Waals surface area contributed by atoms with Gasteiger partial charge in [0, 0.05) is 10.9 Å². The molecule has 2 N–H and O–H groups in total. The Balaban J connectivity index is 0.000000641. The van der Waals surface area contributed by atoms with Crippen molar-refractivity contribution in [2.24, 2.45) is 5.92 Å². The molecule has 0 spiro atoms. The Morgan fingerprint density at radius 1 is 1.20 bits per heavy atom. The Kier molecular flexibility index (Phi) is 23.9. The zero-order valence-corrected chi connectivity index (χ0v) is 25.3. The maximum absolute atomic E-state index is 11.1. The number of aliphatic hydroxyl groups is 1. The van der Waals surface area contributed by atoms with E-state index in [1.165, 1.54) is 26.2 Å². The molecular formula is C30H47ClN2O8. The molecule has 2 rings (SSSR count). The number of allylic oxidation sites excluding steroid dienone is 2. The highest BCUT2D eigenvalue weighted by Gasteiger charge is 2.22. The molecule has 1 amide bonds. The number of amides is 1. The molecular weight excluding hydrogens is 552 g/mol. The summed E-state index contributed by atoms with van der Waals surface area (Å²) in [4.78, 5) is 34.9. The van der Waals surface area contributed by atoms with Crippen LogP contribution in [0.25, 0.3) is 0 Å². The summed E-state index contributed by atoms with van der Waals surface area (Å²) in [5, 5.41) is 21.5. The molecule has 0 aliphatic heterocycles. The third kappa shape index (κ3) is 22.3. The van der Waals surface area contributed by atoms with E-state index >= 15 is 0 Å². The maximum atomic E-state index is 11.1. The van der Waals surface area contributed by atoms with Crippen LogP contribution in [-0.4, -0.2) is 54.5 Å². The summed E-state index contributed by atoms with van der Waals surface area (Å²) in [6.45, 7) is 6.53. The van der Waals surface area contributed by atoms with Gasteiger partial charge in [0.05, 0.1) is 25.9 Å². The number of carbonyl (C=O) groups is 2. The van der Waals surface area contributed by atoms with Gasteiger partial charge in [-0.15, -0.1) is 10.1 Å². The molecule has 0 radical (unpaired) electrons. The summed E-state index contributed by atoms with van der Waals surface area (Å²) in [6, 6.07) is 6.73. The summed E-state index contributed by atoms with van der Waals surface area (Å²) in [7, 11) is 0. The van der Waals surface area contributed by atoms with Crippen LogP contribution in [-0.2, 0) is 19.2 Å². The van der Waals surface area contributed by atoms with Gasteiger partial charge >= 0.3 is 5.97 Å². The lowest BCUT2D eigenvalue weighted by Gasteiger charge is -2.09. The summed E-state index contributed by atoms with van der Waals surface area (Å²) < 4.78 is 10.4. The van der Waals surface area contributed by atoms with Crippen molar-refractivity contribution in [2.75, 3.05) is 19.8 Å². The molecule has 1 fully saturated rings. The van der Waals surface area contributed by atoms with Crippen LogP contribution in [0.1, 0.15) is 78.6 Å². The number of hydrogen-bond donors (Lipinski definition) is 2. The normalized spacial score (nSPS) is 16.6. The monoisotopic (exact) mass is 598 g/mol. The fourth-order valence-corrected chi connectivity index (χ4v) is 3.75. The van der Waals surface area contributed by atoms with Crippen molar-refractivity contribution >= 4 is 24.0 Å². The lowest BCUT2D eigenvalue weighted by Crippen LogP contribution is -2.34. The molecule has 1 saturated carbocycles. The minimum atomic E-state index is -0.873. The van der Waals surface area contributed by atoms with Crippen molar-refractivity contribution in [3.8, 4) is 5.75 Å². The van der Waals surface area contributed by atoms with Crippen molar-refractivity contribution in [1.82, 2.24) is 5.32 Å². The van der Waals surface area contributed by atoms with Gasteiger partial charge in [0.2, 0.25) is 6.41 Å². The second-order valence-electron chi connectivity index (χ2n) is 9.33. The number of ether oxygens (including phenoxy) is 2. The minimum absolute atomic E-state index is 0.0211.